The lowest BCUT2D eigenvalue weighted by Crippen LogP contribution is -2.38. The van der Waals surface area contributed by atoms with E-state index in [1.165, 1.54) is 28.8 Å². The van der Waals surface area contributed by atoms with Crippen LogP contribution in [0.3, 0.4) is 0 Å². The summed E-state index contributed by atoms with van der Waals surface area (Å²) in [5.74, 6) is 0.475. The van der Waals surface area contributed by atoms with Crippen molar-refractivity contribution in [2.45, 2.75) is 58.4 Å². The van der Waals surface area contributed by atoms with E-state index < -0.39 is 0 Å². The molecule has 1 N–H and O–H groups in total. The molecule has 1 saturated carbocycles. The molecule has 1 aromatic heterocycles. The van der Waals surface area contributed by atoms with Crippen LogP contribution in [-0.2, 0) is 11.2 Å². The quantitative estimate of drug-likeness (QED) is 0.934. The third kappa shape index (κ3) is 2.74. The highest BCUT2D eigenvalue weighted by Gasteiger charge is 2.30. The van der Waals surface area contributed by atoms with E-state index in [2.05, 4.69) is 47.1 Å². The summed E-state index contributed by atoms with van der Waals surface area (Å²) in [5.41, 5.74) is 6.08. The number of carbonyl (C=O) groups is 1. The van der Waals surface area contributed by atoms with E-state index in [1.807, 2.05) is 6.20 Å². The number of carbonyl (C=O) groups excluding carboxylic acids is 1. The predicted molar refractivity (Wildman–Crippen MR) is 94.2 cm³/mol. The van der Waals surface area contributed by atoms with Crippen LogP contribution in [0.15, 0.2) is 24.4 Å². The van der Waals surface area contributed by atoms with Crippen molar-refractivity contribution in [2.75, 3.05) is 0 Å². The molecule has 2 aliphatic rings. The molecule has 0 bridgehead atoms. The molecule has 4 heteroatoms. The van der Waals surface area contributed by atoms with E-state index >= 15 is 0 Å². The van der Waals surface area contributed by atoms with Gasteiger partial charge in [-0.2, -0.15) is 5.10 Å². The Morgan fingerprint density at radius 2 is 1.88 bits per heavy atom. The molecule has 0 unspecified atom stereocenters. The zero-order valence-corrected chi connectivity index (χ0v) is 14.5. The van der Waals surface area contributed by atoms with Crippen molar-refractivity contribution in [1.82, 2.24) is 15.1 Å². The second-order valence-electron chi connectivity index (χ2n) is 7.39. The minimum absolute atomic E-state index is 0.126. The first-order valence-electron chi connectivity index (χ1n) is 9.07. The number of nitrogens with zero attached hydrogens (tertiary/aromatic N) is 2. The molecule has 1 amide bonds. The molecule has 4 rings (SSSR count). The SMILES string of the molecule is Cc1cc(C)cc(-n2ncc3c2CCC[C@H]3NC(=O)C2CCC2)c1. The van der Waals surface area contributed by atoms with Crippen LogP contribution in [0.5, 0.6) is 0 Å². The first-order chi connectivity index (χ1) is 11.6. The summed E-state index contributed by atoms with van der Waals surface area (Å²) in [7, 11) is 0. The number of rotatable bonds is 3. The van der Waals surface area contributed by atoms with Gasteiger partial charge >= 0.3 is 0 Å². The van der Waals surface area contributed by atoms with E-state index in [-0.39, 0.29) is 17.9 Å². The minimum Gasteiger partial charge on any atom is -0.349 e. The second-order valence-corrected chi connectivity index (χ2v) is 7.39. The molecule has 2 aromatic rings. The number of amides is 1. The van der Waals surface area contributed by atoms with Gasteiger partial charge in [-0.1, -0.05) is 12.5 Å². The van der Waals surface area contributed by atoms with Crippen molar-refractivity contribution in [2.24, 2.45) is 5.92 Å². The molecule has 4 nitrogen and oxygen atoms in total. The first-order valence-corrected chi connectivity index (χ1v) is 9.07. The average Bonchev–Trinajstić information content (AvgIpc) is 2.89. The van der Waals surface area contributed by atoms with Gasteiger partial charge in [-0.15, -0.1) is 0 Å². The van der Waals surface area contributed by atoms with Gasteiger partial charge in [-0.25, -0.2) is 4.68 Å². The van der Waals surface area contributed by atoms with Crippen molar-refractivity contribution < 1.29 is 4.79 Å². The summed E-state index contributed by atoms with van der Waals surface area (Å²) >= 11 is 0. The number of aryl methyl sites for hydroxylation is 2. The Morgan fingerprint density at radius 1 is 1.12 bits per heavy atom. The molecule has 0 aliphatic heterocycles. The normalized spacial score (nSPS) is 20.3. The minimum atomic E-state index is 0.126. The van der Waals surface area contributed by atoms with Crippen LogP contribution in [0.1, 0.15) is 60.5 Å². The Morgan fingerprint density at radius 3 is 2.54 bits per heavy atom. The Kier molecular flexibility index (Phi) is 3.91. The van der Waals surface area contributed by atoms with Gasteiger partial charge in [0.15, 0.2) is 0 Å². The zero-order chi connectivity index (χ0) is 16.7. The van der Waals surface area contributed by atoms with Gasteiger partial charge in [-0.3, -0.25) is 4.79 Å². The van der Waals surface area contributed by atoms with E-state index in [9.17, 15) is 4.79 Å². The van der Waals surface area contributed by atoms with Crippen molar-refractivity contribution >= 4 is 5.91 Å². The highest BCUT2D eigenvalue weighted by Crippen LogP contribution is 2.33. The molecule has 0 saturated heterocycles. The van der Waals surface area contributed by atoms with Crippen molar-refractivity contribution in [3.63, 3.8) is 0 Å². The highest BCUT2D eigenvalue weighted by atomic mass is 16.2. The molecule has 2 aliphatic carbocycles. The van der Waals surface area contributed by atoms with Crippen LogP contribution in [0.4, 0.5) is 0 Å². The molecule has 24 heavy (non-hydrogen) atoms. The third-order valence-corrected chi connectivity index (χ3v) is 5.43. The van der Waals surface area contributed by atoms with Gasteiger partial charge in [0, 0.05) is 17.2 Å². The maximum absolute atomic E-state index is 12.3. The summed E-state index contributed by atoms with van der Waals surface area (Å²) in [6.07, 6.45) is 8.39. The molecule has 1 heterocycles. The number of benzene rings is 1. The van der Waals surface area contributed by atoms with Crippen molar-refractivity contribution in [3.05, 3.63) is 46.8 Å². The standard InChI is InChI=1S/C20H25N3O/c1-13-9-14(2)11-16(10-13)23-19-8-4-7-18(17(19)12-21-23)22-20(24)15-5-3-6-15/h9-12,15,18H,3-8H2,1-2H3,(H,22,24)/t18-/m1/s1. The van der Waals surface area contributed by atoms with E-state index in [0.717, 1.165) is 37.8 Å². The Labute approximate surface area is 143 Å². The molecule has 1 fully saturated rings. The smallest absolute Gasteiger partial charge is 0.223 e. The molecule has 1 atom stereocenters. The van der Waals surface area contributed by atoms with Crippen molar-refractivity contribution in [3.8, 4) is 5.69 Å². The monoisotopic (exact) mass is 323 g/mol. The maximum Gasteiger partial charge on any atom is 0.223 e. The zero-order valence-electron chi connectivity index (χ0n) is 14.5. The highest BCUT2D eigenvalue weighted by molar-refractivity contribution is 5.79. The van der Waals surface area contributed by atoms with Gasteiger partial charge in [0.25, 0.3) is 0 Å². The predicted octanol–water partition coefficient (Wildman–Crippen LogP) is 3.78. The van der Waals surface area contributed by atoms with E-state index in [0.29, 0.717) is 0 Å². The summed E-state index contributed by atoms with van der Waals surface area (Å²) in [6, 6.07) is 6.66. The fourth-order valence-electron chi connectivity index (χ4n) is 3.96. The molecular formula is C20H25N3O. The van der Waals surface area contributed by atoms with E-state index in [1.54, 1.807) is 0 Å². The summed E-state index contributed by atoms with van der Waals surface area (Å²) < 4.78 is 2.07. The van der Waals surface area contributed by atoms with Gasteiger partial charge in [0.1, 0.15) is 0 Å². The molecule has 126 valence electrons. The lowest BCUT2D eigenvalue weighted by atomic mass is 9.84. The van der Waals surface area contributed by atoms with Crippen LogP contribution in [0.2, 0.25) is 0 Å². The maximum atomic E-state index is 12.3. The third-order valence-electron chi connectivity index (χ3n) is 5.43. The van der Waals surface area contributed by atoms with Crippen LogP contribution in [0, 0.1) is 19.8 Å². The van der Waals surface area contributed by atoms with Gasteiger partial charge in [0.05, 0.1) is 17.9 Å². The number of aromatic nitrogens is 2. The fraction of sp³-hybridized carbons (Fsp3) is 0.500. The lowest BCUT2D eigenvalue weighted by molar-refractivity contribution is -0.128. The van der Waals surface area contributed by atoms with Crippen LogP contribution in [-0.4, -0.2) is 15.7 Å². The summed E-state index contributed by atoms with van der Waals surface area (Å²) in [5, 5.41) is 7.92. The Hall–Kier alpha value is -2.10. The first kappa shape index (κ1) is 15.4. The molecule has 1 aromatic carbocycles. The summed E-state index contributed by atoms with van der Waals surface area (Å²) in [4.78, 5) is 12.3. The topological polar surface area (TPSA) is 46.9 Å². The van der Waals surface area contributed by atoms with Crippen LogP contribution < -0.4 is 5.32 Å². The largest absolute Gasteiger partial charge is 0.349 e. The Bertz CT molecular complexity index is 753. The fourth-order valence-corrected chi connectivity index (χ4v) is 3.96. The number of hydrogen-bond acceptors (Lipinski definition) is 2. The lowest BCUT2D eigenvalue weighted by Gasteiger charge is -2.29. The van der Waals surface area contributed by atoms with Gasteiger partial charge in [0.2, 0.25) is 5.91 Å². The average molecular weight is 323 g/mol. The number of hydrogen-bond donors (Lipinski definition) is 1. The molecular weight excluding hydrogens is 298 g/mol. The van der Waals surface area contributed by atoms with Gasteiger partial charge in [-0.05, 0) is 69.2 Å². The van der Waals surface area contributed by atoms with Crippen LogP contribution >= 0.6 is 0 Å². The number of fused-ring (bicyclic) bond motifs is 1. The van der Waals surface area contributed by atoms with Gasteiger partial charge < -0.3 is 5.32 Å². The van der Waals surface area contributed by atoms with Crippen LogP contribution in [0.25, 0.3) is 5.69 Å². The van der Waals surface area contributed by atoms with E-state index in [4.69, 9.17) is 0 Å². The molecule has 0 spiro atoms. The Balaban J connectivity index is 1.62. The summed E-state index contributed by atoms with van der Waals surface area (Å²) in [6.45, 7) is 4.24. The number of nitrogens with one attached hydrogen (secondary N) is 1. The second kappa shape index (κ2) is 6.08. The molecule has 0 radical (unpaired) electrons. The van der Waals surface area contributed by atoms with Crippen molar-refractivity contribution in [1.29, 1.82) is 0 Å².